The number of aromatic amines is 1. The highest BCUT2D eigenvalue weighted by molar-refractivity contribution is 6.32. The summed E-state index contributed by atoms with van der Waals surface area (Å²) < 4.78 is 0. The topological polar surface area (TPSA) is 99.5 Å². The van der Waals surface area contributed by atoms with Gasteiger partial charge in [0.2, 0.25) is 5.91 Å². The second-order valence-electron chi connectivity index (χ2n) is 6.37. The second kappa shape index (κ2) is 7.58. The summed E-state index contributed by atoms with van der Waals surface area (Å²) in [6.07, 6.45) is 0.387. The summed E-state index contributed by atoms with van der Waals surface area (Å²) in [5.74, 6) is -0.641. The third-order valence-electron chi connectivity index (χ3n) is 4.73. The predicted molar refractivity (Wildman–Crippen MR) is 96.9 cm³/mol. The summed E-state index contributed by atoms with van der Waals surface area (Å²) in [6.45, 7) is 8.42. The van der Waals surface area contributed by atoms with Gasteiger partial charge in [-0.3, -0.25) is 14.4 Å². The van der Waals surface area contributed by atoms with E-state index in [0.717, 1.165) is 0 Å². The average molecular weight is 369 g/mol. The zero-order chi connectivity index (χ0) is 18.9. The molecule has 1 aliphatic heterocycles. The number of aryl methyl sites for hydroxylation is 1. The minimum atomic E-state index is -0.652. The Balaban J connectivity index is 2.42. The van der Waals surface area contributed by atoms with E-state index in [1.54, 1.807) is 18.7 Å². The van der Waals surface area contributed by atoms with Crippen molar-refractivity contribution < 1.29 is 9.59 Å². The van der Waals surface area contributed by atoms with E-state index in [2.05, 4.69) is 4.98 Å². The van der Waals surface area contributed by atoms with Crippen molar-refractivity contribution in [1.29, 1.82) is 0 Å². The molecule has 0 aliphatic carbocycles. The van der Waals surface area contributed by atoms with Crippen molar-refractivity contribution in [3.8, 4) is 0 Å². The molecule has 2 atom stereocenters. The van der Waals surface area contributed by atoms with Crippen LogP contribution in [0.5, 0.6) is 0 Å². The summed E-state index contributed by atoms with van der Waals surface area (Å²) in [5.41, 5.74) is 6.41. The number of rotatable bonds is 4. The minimum Gasteiger partial charge on any atom is -0.341 e. The molecule has 2 amide bonds. The zero-order valence-electron chi connectivity index (χ0n) is 15.1. The molecular formula is C17H25ClN4O3. The molecule has 1 aromatic rings. The Morgan fingerprint density at radius 2 is 1.92 bits per heavy atom. The van der Waals surface area contributed by atoms with Crippen molar-refractivity contribution >= 4 is 23.4 Å². The number of hydrogen-bond acceptors (Lipinski definition) is 4. The Hall–Kier alpha value is -1.86. The molecule has 1 saturated heterocycles. The molecule has 1 aromatic heterocycles. The van der Waals surface area contributed by atoms with Gasteiger partial charge in [-0.2, -0.15) is 0 Å². The lowest BCUT2D eigenvalue weighted by atomic mass is 10.1. The van der Waals surface area contributed by atoms with Crippen molar-refractivity contribution in [2.45, 2.75) is 46.2 Å². The van der Waals surface area contributed by atoms with Gasteiger partial charge < -0.3 is 20.5 Å². The number of nitrogens with one attached hydrogen (secondary N) is 1. The molecule has 3 N–H and O–H groups in total. The maximum atomic E-state index is 13.0. The first-order valence-corrected chi connectivity index (χ1v) is 8.84. The Kier molecular flexibility index (Phi) is 5.90. The highest BCUT2D eigenvalue weighted by Gasteiger charge is 2.41. The third-order valence-corrected chi connectivity index (χ3v) is 5.30. The number of H-pyrrole nitrogens is 1. The Morgan fingerprint density at radius 3 is 2.48 bits per heavy atom. The lowest BCUT2D eigenvalue weighted by molar-refractivity contribution is -0.134. The number of nitrogens with zero attached hydrogens (tertiary/aromatic N) is 2. The molecule has 0 aromatic carbocycles. The van der Waals surface area contributed by atoms with Gasteiger partial charge in [0.25, 0.3) is 11.5 Å². The van der Waals surface area contributed by atoms with E-state index >= 15 is 0 Å². The van der Waals surface area contributed by atoms with Crippen LogP contribution in [0.25, 0.3) is 0 Å². The van der Waals surface area contributed by atoms with Gasteiger partial charge in [-0.25, -0.2) is 0 Å². The van der Waals surface area contributed by atoms with Gasteiger partial charge >= 0.3 is 0 Å². The van der Waals surface area contributed by atoms with E-state index < -0.39 is 17.5 Å². The molecule has 25 heavy (non-hydrogen) atoms. The van der Waals surface area contributed by atoms with Gasteiger partial charge in [-0.15, -0.1) is 0 Å². The number of amides is 2. The summed E-state index contributed by atoms with van der Waals surface area (Å²) in [4.78, 5) is 43.8. The summed E-state index contributed by atoms with van der Waals surface area (Å²) in [7, 11) is 0. The largest absolute Gasteiger partial charge is 0.341 e. The number of carbonyl (C=O) groups is 2. The first-order chi connectivity index (χ1) is 11.7. The Morgan fingerprint density at radius 1 is 1.32 bits per heavy atom. The molecule has 138 valence electrons. The minimum absolute atomic E-state index is 0.0259. The van der Waals surface area contributed by atoms with E-state index in [4.69, 9.17) is 17.3 Å². The van der Waals surface area contributed by atoms with Crippen molar-refractivity contribution in [3.63, 3.8) is 0 Å². The molecule has 0 unspecified atom stereocenters. The Labute approximate surface area is 152 Å². The Bertz CT molecular complexity index is 742. The number of halogens is 1. The molecule has 2 heterocycles. The van der Waals surface area contributed by atoms with Gasteiger partial charge in [0.1, 0.15) is 11.6 Å². The molecule has 1 fully saturated rings. The van der Waals surface area contributed by atoms with Crippen LogP contribution >= 0.6 is 11.6 Å². The normalized spacial score (nSPS) is 20.0. The first kappa shape index (κ1) is 19.5. The van der Waals surface area contributed by atoms with Crippen LogP contribution in [-0.2, 0) is 4.79 Å². The fourth-order valence-corrected chi connectivity index (χ4v) is 3.46. The molecule has 7 nitrogen and oxygen atoms in total. The maximum absolute atomic E-state index is 13.0. The smallest absolute Gasteiger partial charge is 0.261 e. The molecule has 0 saturated carbocycles. The van der Waals surface area contributed by atoms with Gasteiger partial charge in [-0.05, 0) is 39.7 Å². The number of nitrogens with two attached hydrogens (primary N) is 1. The van der Waals surface area contributed by atoms with Crippen LogP contribution in [0.2, 0.25) is 5.02 Å². The van der Waals surface area contributed by atoms with E-state index in [0.29, 0.717) is 35.8 Å². The summed E-state index contributed by atoms with van der Waals surface area (Å²) in [5, 5.41) is 0.345. The first-order valence-electron chi connectivity index (χ1n) is 8.47. The van der Waals surface area contributed by atoms with E-state index in [1.807, 2.05) is 13.8 Å². The highest BCUT2D eigenvalue weighted by Crippen LogP contribution is 2.24. The van der Waals surface area contributed by atoms with Crippen LogP contribution < -0.4 is 11.3 Å². The fraction of sp³-hybridized carbons (Fsp3) is 0.588. The van der Waals surface area contributed by atoms with Gasteiger partial charge in [-0.1, -0.05) is 11.6 Å². The van der Waals surface area contributed by atoms with E-state index in [9.17, 15) is 14.4 Å². The van der Waals surface area contributed by atoms with Crippen molar-refractivity contribution in [1.82, 2.24) is 14.8 Å². The highest BCUT2D eigenvalue weighted by atomic mass is 35.5. The van der Waals surface area contributed by atoms with Crippen LogP contribution in [-0.4, -0.2) is 58.3 Å². The van der Waals surface area contributed by atoms with Crippen molar-refractivity contribution in [2.75, 3.05) is 19.6 Å². The van der Waals surface area contributed by atoms with Gasteiger partial charge in [0.15, 0.2) is 0 Å². The zero-order valence-corrected chi connectivity index (χ0v) is 15.8. The number of hydrogen-bond donors (Lipinski definition) is 2. The molecule has 0 bridgehead atoms. The van der Waals surface area contributed by atoms with Crippen LogP contribution in [0, 0.1) is 13.8 Å². The van der Waals surface area contributed by atoms with Crippen molar-refractivity contribution in [2.24, 2.45) is 5.73 Å². The van der Waals surface area contributed by atoms with Gasteiger partial charge in [0.05, 0.1) is 5.02 Å². The van der Waals surface area contributed by atoms with Crippen molar-refractivity contribution in [3.05, 3.63) is 32.2 Å². The second-order valence-corrected chi connectivity index (χ2v) is 6.75. The maximum Gasteiger partial charge on any atom is 0.261 e. The molecular weight excluding hydrogens is 344 g/mol. The lowest BCUT2D eigenvalue weighted by Crippen LogP contribution is -2.48. The molecule has 1 aliphatic rings. The summed E-state index contributed by atoms with van der Waals surface area (Å²) in [6, 6.07) is -0.949. The predicted octanol–water partition coefficient (Wildman–Crippen LogP) is 1.06. The molecule has 0 spiro atoms. The molecule has 8 heteroatoms. The monoisotopic (exact) mass is 368 g/mol. The quantitative estimate of drug-likeness (QED) is 0.829. The SMILES string of the molecule is CCN(CC)C(=O)[C@@H]1C[C@H](N)CN1C(=O)c1c(C)c(Cl)c(C)[nH]c1=O. The van der Waals surface area contributed by atoms with E-state index in [-0.39, 0.29) is 24.1 Å². The number of likely N-dealkylation sites (tertiary alicyclic amines) is 1. The average Bonchev–Trinajstić information content (AvgIpc) is 2.95. The number of pyridine rings is 1. The molecule has 2 rings (SSSR count). The van der Waals surface area contributed by atoms with Gasteiger partial charge in [0, 0.05) is 31.4 Å². The standard InChI is InChI=1S/C17H25ClN4O3/c1-5-21(6-2)16(24)12-7-11(19)8-22(12)17(25)13-9(3)14(18)10(4)20-15(13)23/h11-12H,5-8,19H2,1-4H3,(H,20,23)/t11-,12-/m0/s1. The van der Waals surface area contributed by atoms with Crippen LogP contribution in [0.15, 0.2) is 4.79 Å². The fourth-order valence-electron chi connectivity index (χ4n) is 3.32. The van der Waals surface area contributed by atoms with Crippen LogP contribution in [0.1, 0.15) is 41.9 Å². The van der Waals surface area contributed by atoms with Crippen LogP contribution in [0.3, 0.4) is 0 Å². The lowest BCUT2D eigenvalue weighted by Gasteiger charge is -2.29. The number of aromatic nitrogens is 1. The van der Waals surface area contributed by atoms with E-state index in [1.165, 1.54) is 4.90 Å². The molecule has 0 radical (unpaired) electrons. The summed E-state index contributed by atoms with van der Waals surface area (Å²) >= 11 is 6.19. The van der Waals surface area contributed by atoms with Crippen LogP contribution in [0.4, 0.5) is 0 Å². The number of likely N-dealkylation sites (N-methyl/N-ethyl adjacent to an activating group) is 1. The number of carbonyl (C=O) groups excluding carboxylic acids is 2. The third kappa shape index (κ3) is 3.57.